The van der Waals surface area contributed by atoms with Gasteiger partial charge in [-0.05, 0) is 6.42 Å². The van der Waals surface area contributed by atoms with Crippen molar-refractivity contribution in [3.05, 3.63) is 17.7 Å². The van der Waals surface area contributed by atoms with Crippen molar-refractivity contribution in [1.29, 1.82) is 0 Å². The number of nitrogens with one attached hydrogen (secondary N) is 1. The Kier molecular flexibility index (Phi) is 6.35. The van der Waals surface area contributed by atoms with E-state index in [2.05, 4.69) is 17.2 Å². The van der Waals surface area contributed by atoms with E-state index >= 15 is 0 Å². The second-order valence-electron chi connectivity index (χ2n) is 3.67. The van der Waals surface area contributed by atoms with Crippen molar-refractivity contribution in [3.63, 3.8) is 0 Å². The molecule has 0 saturated heterocycles. The zero-order valence-corrected chi connectivity index (χ0v) is 10.6. The fourth-order valence-electron chi connectivity index (χ4n) is 1.27. The van der Waals surface area contributed by atoms with Crippen LogP contribution in [-0.2, 0) is 4.74 Å². The molecule has 0 atom stereocenters. The molecule has 0 aliphatic carbocycles. The molecule has 0 amide bonds. The van der Waals surface area contributed by atoms with Crippen LogP contribution in [0.5, 0.6) is 5.88 Å². The van der Waals surface area contributed by atoms with Gasteiger partial charge in [-0.2, -0.15) is 4.98 Å². The fourth-order valence-corrected chi connectivity index (χ4v) is 1.27. The monoisotopic (exact) mass is 260 g/mol. The molecular weight excluding hydrogens is 242 g/mol. The Morgan fingerprint density at radius 3 is 2.67 bits per heavy atom. The predicted molar refractivity (Wildman–Crippen MR) is 64.9 cm³/mol. The Labute approximate surface area is 105 Å². The van der Waals surface area contributed by atoms with Gasteiger partial charge in [-0.25, -0.2) is 8.78 Å². The third-order valence-electron chi connectivity index (χ3n) is 2.24. The molecule has 0 aliphatic heterocycles. The van der Waals surface area contributed by atoms with Gasteiger partial charge in [0.25, 0.3) is 5.88 Å². The van der Waals surface area contributed by atoms with Gasteiger partial charge in [0, 0.05) is 19.7 Å². The smallest absolute Gasteiger partial charge is 0.252 e. The van der Waals surface area contributed by atoms with E-state index in [1.165, 1.54) is 7.05 Å². The standard InChI is InChI=1S/C12H18F2N2O2/c1-3-4-5-17-6-7-18-12-10(14)8-9(13)11(15-2)16-12/h8H,3-7H2,1-2H3,(H,15,16). The number of unbranched alkanes of at least 4 members (excludes halogenated alkanes) is 1. The first kappa shape index (κ1) is 14.6. The number of aromatic nitrogens is 1. The van der Waals surface area contributed by atoms with Crippen molar-refractivity contribution in [2.75, 3.05) is 32.2 Å². The van der Waals surface area contributed by atoms with Crippen molar-refractivity contribution in [3.8, 4) is 5.88 Å². The van der Waals surface area contributed by atoms with Crippen LogP contribution in [0.4, 0.5) is 14.6 Å². The van der Waals surface area contributed by atoms with E-state index < -0.39 is 11.6 Å². The van der Waals surface area contributed by atoms with Crippen LogP contribution in [0.15, 0.2) is 6.07 Å². The van der Waals surface area contributed by atoms with E-state index in [0.717, 1.165) is 18.9 Å². The first-order chi connectivity index (χ1) is 8.69. The van der Waals surface area contributed by atoms with Gasteiger partial charge in [0.2, 0.25) is 0 Å². The number of ether oxygens (including phenoxy) is 2. The molecule has 0 bridgehead atoms. The zero-order chi connectivity index (χ0) is 13.4. The minimum absolute atomic E-state index is 0.0432. The van der Waals surface area contributed by atoms with Crippen molar-refractivity contribution in [1.82, 2.24) is 4.98 Å². The molecule has 0 unspecified atom stereocenters. The predicted octanol–water partition coefficient (Wildman–Crippen LogP) is 2.60. The maximum absolute atomic E-state index is 13.3. The molecule has 0 radical (unpaired) electrons. The SMILES string of the molecule is CCCCOCCOc1nc(NC)c(F)cc1F. The van der Waals surface area contributed by atoms with E-state index in [-0.39, 0.29) is 18.3 Å². The van der Waals surface area contributed by atoms with Crippen LogP contribution in [0, 0.1) is 11.6 Å². The molecule has 0 fully saturated rings. The molecule has 1 N–H and O–H groups in total. The van der Waals surface area contributed by atoms with Crippen molar-refractivity contribution < 1.29 is 18.3 Å². The Morgan fingerprint density at radius 2 is 2.00 bits per heavy atom. The molecule has 18 heavy (non-hydrogen) atoms. The number of rotatable bonds is 8. The van der Waals surface area contributed by atoms with Gasteiger partial charge in [0.05, 0.1) is 6.61 Å². The Bertz CT molecular complexity index is 375. The van der Waals surface area contributed by atoms with Gasteiger partial charge in [0.1, 0.15) is 6.61 Å². The van der Waals surface area contributed by atoms with Gasteiger partial charge in [-0.1, -0.05) is 13.3 Å². The summed E-state index contributed by atoms with van der Waals surface area (Å²) in [6.07, 6.45) is 2.04. The number of pyridine rings is 1. The molecule has 1 heterocycles. The maximum Gasteiger partial charge on any atom is 0.252 e. The van der Waals surface area contributed by atoms with Crippen LogP contribution >= 0.6 is 0 Å². The molecule has 0 aromatic carbocycles. The summed E-state index contributed by atoms with van der Waals surface area (Å²) >= 11 is 0. The van der Waals surface area contributed by atoms with Gasteiger partial charge in [0.15, 0.2) is 17.5 Å². The summed E-state index contributed by atoms with van der Waals surface area (Å²) in [5.74, 6) is -1.83. The lowest BCUT2D eigenvalue weighted by Gasteiger charge is -2.09. The van der Waals surface area contributed by atoms with Crippen LogP contribution in [0.3, 0.4) is 0 Å². The van der Waals surface area contributed by atoms with Gasteiger partial charge >= 0.3 is 0 Å². The van der Waals surface area contributed by atoms with Crippen molar-refractivity contribution in [2.45, 2.75) is 19.8 Å². The van der Waals surface area contributed by atoms with Crippen molar-refractivity contribution >= 4 is 5.82 Å². The first-order valence-corrected chi connectivity index (χ1v) is 5.93. The van der Waals surface area contributed by atoms with Crippen LogP contribution in [0.1, 0.15) is 19.8 Å². The van der Waals surface area contributed by atoms with Crippen molar-refractivity contribution in [2.24, 2.45) is 0 Å². The molecular formula is C12H18F2N2O2. The van der Waals surface area contributed by atoms with Gasteiger partial charge in [-0.3, -0.25) is 0 Å². The molecule has 0 spiro atoms. The summed E-state index contributed by atoms with van der Waals surface area (Å²) in [5.41, 5.74) is 0. The minimum atomic E-state index is -0.819. The van der Waals surface area contributed by atoms with Gasteiger partial charge < -0.3 is 14.8 Å². The zero-order valence-electron chi connectivity index (χ0n) is 10.6. The van der Waals surface area contributed by atoms with Crippen LogP contribution in [0.25, 0.3) is 0 Å². The molecule has 0 saturated carbocycles. The lowest BCUT2D eigenvalue weighted by Crippen LogP contribution is -2.10. The number of anilines is 1. The highest BCUT2D eigenvalue weighted by atomic mass is 19.1. The summed E-state index contributed by atoms with van der Waals surface area (Å²) in [6.45, 7) is 3.26. The Balaban J connectivity index is 2.42. The molecule has 6 heteroatoms. The third kappa shape index (κ3) is 4.44. The quantitative estimate of drug-likeness (QED) is 0.730. The molecule has 1 rings (SSSR count). The highest BCUT2D eigenvalue weighted by molar-refractivity contribution is 5.38. The molecule has 1 aromatic rings. The van der Waals surface area contributed by atoms with E-state index in [1.54, 1.807) is 0 Å². The molecule has 0 aliphatic rings. The van der Waals surface area contributed by atoms with Crippen LogP contribution in [-0.4, -0.2) is 31.9 Å². The number of hydrogen-bond donors (Lipinski definition) is 1. The average Bonchev–Trinajstić information content (AvgIpc) is 2.36. The first-order valence-electron chi connectivity index (χ1n) is 5.93. The molecule has 1 aromatic heterocycles. The maximum atomic E-state index is 13.3. The second kappa shape index (κ2) is 7.81. The number of hydrogen-bond acceptors (Lipinski definition) is 4. The summed E-state index contributed by atoms with van der Waals surface area (Å²) in [7, 11) is 1.50. The molecule has 4 nitrogen and oxygen atoms in total. The largest absolute Gasteiger partial charge is 0.473 e. The lowest BCUT2D eigenvalue weighted by molar-refractivity contribution is 0.0949. The lowest BCUT2D eigenvalue weighted by atomic mass is 10.4. The summed E-state index contributed by atoms with van der Waals surface area (Å²) in [4.78, 5) is 3.69. The Hall–Kier alpha value is -1.43. The summed E-state index contributed by atoms with van der Waals surface area (Å²) in [6, 6.07) is 0.742. The Morgan fingerprint density at radius 1 is 1.22 bits per heavy atom. The topological polar surface area (TPSA) is 43.4 Å². The van der Waals surface area contributed by atoms with Crippen LogP contribution < -0.4 is 10.1 Å². The summed E-state index contributed by atoms with van der Waals surface area (Å²) in [5, 5.41) is 2.52. The normalized spacial score (nSPS) is 10.4. The van der Waals surface area contributed by atoms with E-state index in [4.69, 9.17) is 9.47 Å². The number of nitrogens with zero attached hydrogens (tertiary/aromatic N) is 1. The van der Waals surface area contributed by atoms with E-state index in [1.807, 2.05) is 0 Å². The highest BCUT2D eigenvalue weighted by Gasteiger charge is 2.11. The minimum Gasteiger partial charge on any atom is -0.473 e. The highest BCUT2D eigenvalue weighted by Crippen LogP contribution is 2.20. The third-order valence-corrected chi connectivity index (χ3v) is 2.24. The number of halogens is 2. The fraction of sp³-hybridized carbons (Fsp3) is 0.583. The van der Waals surface area contributed by atoms with Gasteiger partial charge in [-0.15, -0.1) is 0 Å². The summed E-state index contributed by atoms with van der Waals surface area (Å²) < 4.78 is 36.8. The van der Waals surface area contributed by atoms with E-state index in [0.29, 0.717) is 13.2 Å². The van der Waals surface area contributed by atoms with E-state index in [9.17, 15) is 8.78 Å². The second-order valence-corrected chi connectivity index (χ2v) is 3.67. The molecule has 102 valence electrons. The average molecular weight is 260 g/mol. The van der Waals surface area contributed by atoms with Crippen LogP contribution in [0.2, 0.25) is 0 Å².